The first-order valence-corrected chi connectivity index (χ1v) is 11.3. The Hall–Kier alpha value is 0.0469. The largest absolute Gasteiger partial charge is 0.380 e. The first kappa shape index (κ1) is 15.1. The van der Waals surface area contributed by atoms with Crippen LogP contribution in [0.1, 0.15) is 12.8 Å². The number of nitrogens with two attached hydrogens (primary N) is 1. The van der Waals surface area contributed by atoms with Crippen molar-refractivity contribution in [2.24, 2.45) is 5.14 Å². The topological polar surface area (TPSA) is 72.6 Å². The van der Waals surface area contributed by atoms with Crippen molar-refractivity contribution in [2.75, 3.05) is 19.8 Å². The van der Waals surface area contributed by atoms with Crippen LogP contribution in [-0.2, 0) is 14.9 Å². The quantitative estimate of drug-likeness (QED) is 0.583. The third-order valence-electron chi connectivity index (χ3n) is 2.96. The zero-order valence-corrected chi connectivity index (χ0v) is 12.8. The Kier molecular flexibility index (Phi) is 5.15. The van der Waals surface area contributed by atoms with Gasteiger partial charge in [-0.1, -0.05) is 19.6 Å². The lowest BCUT2D eigenvalue weighted by Gasteiger charge is -2.22. The molecule has 2 N–H and O–H groups in total. The number of nitrogens with zero attached hydrogens (tertiary/aromatic N) is 1. The summed E-state index contributed by atoms with van der Waals surface area (Å²) in [7, 11) is -4.62. The van der Waals surface area contributed by atoms with Gasteiger partial charge in [0.15, 0.2) is 0 Å². The van der Waals surface area contributed by atoms with Crippen molar-refractivity contribution >= 4 is 18.3 Å². The molecule has 1 atom stereocenters. The van der Waals surface area contributed by atoms with Gasteiger partial charge in [-0.3, -0.25) is 0 Å². The van der Waals surface area contributed by atoms with Crippen LogP contribution in [0.5, 0.6) is 0 Å². The monoisotopic (exact) mass is 280 g/mol. The van der Waals surface area contributed by atoms with E-state index < -0.39 is 18.3 Å². The minimum Gasteiger partial charge on any atom is -0.380 e. The number of ether oxygens (including phenoxy) is 1. The minimum absolute atomic E-state index is 0.0633. The summed E-state index contributed by atoms with van der Waals surface area (Å²) in [5.74, 6) is 0. The summed E-state index contributed by atoms with van der Waals surface area (Å²) in [6.45, 7) is 8.61. The summed E-state index contributed by atoms with van der Waals surface area (Å²) in [4.78, 5) is 0. The summed E-state index contributed by atoms with van der Waals surface area (Å²) >= 11 is 0. The Morgan fingerprint density at radius 2 is 2.06 bits per heavy atom. The molecular weight excluding hydrogens is 256 g/mol. The van der Waals surface area contributed by atoms with Crippen molar-refractivity contribution in [1.29, 1.82) is 0 Å². The number of hydrogen-bond donors (Lipinski definition) is 1. The summed E-state index contributed by atoms with van der Waals surface area (Å²) in [5, 5.41) is 5.15. The predicted molar refractivity (Wildman–Crippen MR) is 71.8 cm³/mol. The SMILES string of the molecule is C[Si](C)(C)CCOCC1CCCN1S(N)(=O)=O. The molecule has 0 aromatic rings. The summed E-state index contributed by atoms with van der Waals surface area (Å²) in [6.07, 6.45) is 1.72. The lowest BCUT2D eigenvalue weighted by Crippen LogP contribution is -2.42. The molecule has 0 radical (unpaired) electrons. The first-order valence-electron chi connectivity index (χ1n) is 6.07. The maximum Gasteiger partial charge on any atom is 0.277 e. The van der Waals surface area contributed by atoms with Gasteiger partial charge in [-0.2, -0.15) is 12.7 Å². The van der Waals surface area contributed by atoms with Crippen LogP contribution in [0.15, 0.2) is 0 Å². The second-order valence-corrected chi connectivity index (χ2v) is 13.0. The molecule has 0 saturated carbocycles. The van der Waals surface area contributed by atoms with Gasteiger partial charge in [0, 0.05) is 27.3 Å². The Morgan fingerprint density at radius 1 is 1.41 bits per heavy atom. The van der Waals surface area contributed by atoms with Gasteiger partial charge in [0.1, 0.15) is 0 Å². The van der Waals surface area contributed by atoms with Gasteiger partial charge in [0.25, 0.3) is 10.2 Å². The molecule has 0 amide bonds. The van der Waals surface area contributed by atoms with Gasteiger partial charge in [-0.05, 0) is 18.9 Å². The van der Waals surface area contributed by atoms with Crippen molar-refractivity contribution in [1.82, 2.24) is 4.31 Å². The molecule has 102 valence electrons. The van der Waals surface area contributed by atoms with Crippen LogP contribution in [0, 0.1) is 0 Å². The second kappa shape index (κ2) is 5.79. The average Bonchev–Trinajstić information content (AvgIpc) is 2.58. The van der Waals surface area contributed by atoms with Gasteiger partial charge in [-0.15, -0.1) is 0 Å². The van der Waals surface area contributed by atoms with Crippen molar-refractivity contribution in [3.8, 4) is 0 Å². The van der Waals surface area contributed by atoms with Gasteiger partial charge in [0.2, 0.25) is 0 Å². The van der Waals surface area contributed by atoms with E-state index in [-0.39, 0.29) is 6.04 Å². The Balaban J connectivity index is 2.32. The predicted octanol–water partition coefficient (Wildman–Crippen LogP) is 1.01. The van der Waals surface area contributed by atoms with E-state index in [1.54, 1.807) is 0 Å². The first-order chi connectivity index (χ1) is 7.70. The Bertz CT molecular complexity index is 340. The fourth-order valence-electron chi connectivity index (χ4n) is 1.91. The lowest BCUT2D eigenvalue weighted by molar-refractivity contribution is 0.109. The molecule has 0 aromatic carbocycles. The fraction of sp³-hybridized carbons (Fsp3) is 1.00. The maximum atomic E-state index is 11.3. The molecule has 1 aliphatic heterocycles. The van der Waals surface area contributed by atoms with E-state index in [0.717, 1.165) is 25.5 Å². The van der Waals surface area contributed by atoms with Gasteiger partial charge >= 0.3 is 0 Å². The molecule has 1 fully saturated rings. The van der Waals surface area contributed by atoms with Crippen molar-refractivity contribution in [2.45, 2.75) is 44.6 Å². The average molecular weight is 280 g/mol. The highest BCUT2D eigenvalue weighted by molar-refractivity contribution is 7.86. The maximum absolute atomic E-state index is 11.3. The molecule has 7 heteroatoms. The Morgan fingerprint density at radius 3 is 2.59 bits per heavy atom. The van der Waals surface area contributed by atoms with Crippen LogP contribution in [0.3, 0.4) is 0 Å². The molecule has 0 spiro atoms. The van der Waals surface area contributed by atoms with E-state index in [1.807, 2.05) is 0 Å². The van der Waals surface area contributed by atoms with Gasteiger partial charge < -0.3 is 4.74 Å². The molecule has 1 saturated heterocycles. The number of rotatable bonds is 6. The molecule has 5 nitrogen and oxygen atoms in total. The van der Waals surface area contributed by atoms with E-state index in [9.17, 15) is 8.42 Å². The van der Waals surface area contributed by atoms with Crippen LogP contribution in [-0.4, -0.2) is 46.6 Å². The summed E-state index contributed by atoms with van der Waals surface area (Å²) in [6, 6.07) is 1.04. The van der Waals surface area contributed by atoms with E-state index in [4.69, 9.17) is 9.88 Å². The van der Waals surface area contributed by atoms with E-state index in [0.29, 0.717) is 13.2 Å². The summed E-state index contributed by atoms with van der Waals surface area (Å²) < 4.78 is 29.5. The zero-order valence-electron chi connectivity index (χ0n) is 11.0. The highest BCUT2D eigenvalue weighted by Gasteiger charge is 2.31. The smallest absolute Gasteiger partial charge is 0.277 e. The highest BCUT2D eigenvalue weighted by Crippen LogP contribution is 2.19. The van der Waals surface area contributed by atoms with Gasteiger partial charge in [-0.25, -0.2) is 5.14 Å². The lowest BCUT2D eigenvalue weighted by atomic mass is 10.2. The van der Waals surface area contributed by atoms with E-state index >= 15 is 0 Å². The third kappa shape index (κ3) is 5.48. The zero-order chi connectivity index (χ0) is 13.1. The van der Waals surface area contributed by atoms with Crippen molar-refractivity contribution in [3.05, 3.63) is 0 Å². The number of hydrogen-bond acceptors (Lipinski definition) is 3. The molecule has 0 aliphatic carbocycles. The Labute approximate surface area is 106 Å². The summed E-state index contributed by atoms with van der Waals surface area (Å²) in [5.41, 5.74) is 0. The van der Waals surface area contributed by atoms with Crippen molar-refractivity contribution in [3.63, 3.8) is 0 Å². The van der Waals surface area contributed by atoms with E-state index in [1.165, 1.54) is 4.31 Å². The van der Waals surface area contributed by atoms with Crippen LogP contribution >= 0.6 is 0 Å². The third-order valence-corrected chi connectivity index (χ3v) is 5.80. The molecular formula is C10H24N2O3SSi. The molecule has 1 unspecified atom stereocenters. The fourth-order valence-corrected chi connectivity index (χ4v) is 3.63. The highest BCUT2D eigenvalue weighted by atomic mass is 32.2. The van der Waals surface area contributed by atoms with Crippen LogP contribution in [0.2, 0.25) is 25.7 Å². The standard InChI is InChI=1S/C10H24N2O3SSi/c1-17(2,3)8-7-15-9-10-5-4-6-12(10)16(11,13)14/h10H,4-9H2,1-3H3,(H2,11,13,14). The van der Waals surface area contributed by atoms with Crippen LogP contribution in [0.4, 0.5) is 0 Å². The van der Waals surface area contributed by atoms with Crippen molar-refractivity contribution < 1.29 is 13.2 Å². The molecule has 0 aromatic heterocycles. The molecule has 1 heterocycles. The van der Waals surface area contributed by atoms with E-state index in [2.05, 4.69) is 19.6 Å². The normalized spacial score (nSPS) is 23.2. The molecule has 1 rings (SSSR count). The molecule has 1 aliphatic rings. The minimum atomic E-state index is -3.56. The molecule has 0 bridgehead atoms. The van der Waals surface area contributed by atoms with Gasteiger partial charge in [0.05, 0.1) is 6.61 Å². The van der Waals surface area contributed by atoms with Crippen LogP contribution in [0.25, 0.3) is 0 Å². The second-order valence-electron chi connectivity index (χ2n) is 5.84. The molecule has 17 heavy (non-hydrogen) atoms. The van der Waals surface area contributed by atoms with Crippen LogP contribution < -0.4 is 5.14 Å².